The van der Waals surface area contributed by atoms with Crippen LogP contribution in [0.3, 0.4) is 0 Å². The highest BCUT2D eigenvalue weighted by Gasteiger charge is 2.25. The Morgan fingerprint density at radius 3 is 2.86 bits per heavy atom. The van der Waals surface area contributed by atoms with E-state index in [1.165, 1.54) is 6.42 Å². The topological polar surface area (TPSA) is 76.5 Å². The van der Waals surface area contributed by atoms with E-state index < -0.39 is 0 Å². The van der Waals surface area contributed by atoms with Gasteiger partial charge in [0.15, 0.2) is 0 Å². The van der Waals surface area contributed by atoms with Crippen molar-refractivity contribution in [1.82, 2.24) is 19.8 Å². The number of aromatic nitrogens is 2. The zero-order valence-corrected chi connectivity index (χ0v) is 17.1. The summed E-state index contributed by atoms with van der Waals surface area (Å²) < 4.78 is 7.45. The number of imidazole rings is 1. The third kappa shape index (κ3) is 4.45. The van der Waals surface area contributed by atoms with Crippen molar-refractivity contribution in [3.63, 3.8) is 0 Å². The Kier molecular flexibility index (Phi) is 6.13. The summed E-state index contributed by atoms with van der Waals surface area (Å²) in [7, 11) is 0. The van der Waals surface area contributed by atoms with Gasteiger partial charge in [0.2, 0.25) is 11.8 Å². The van der Waals surface area contributed by atoms with Gasteiger partial charge in [-0.1, -0.05) is 12.1 Å². The first-order valence-corrected chi connectivity index (χ1v) is 10.8. The molecule has 2 saturated heterocycles. The van der Waals surface area contributed by atoms with E-state index in [4.69, 9.17) is 9.72 Å². The van der Waals surface area contributed by atoms with Gasteiger partial charge >= 0.3 is 0 Å². The first kappa shape index (κ1) is 19.9. The van der Waals surface area contributed by atoms with Crippen molar-refractivity contribution in [3.8, 4) is 0 Å². The highest BCUT2D eigenvalue weighted by molar-refractivity contribution is 5.82. The Hall–Kier alpha value is -2.41. The molecule has 2 amide bonds. The fraction of sp³-hybridized carbons (Fsp3) is 0.591. The number of rotatable bonds is 6. The molecule has 1 aromatic heterocycles. The number of piperidine rings is 1. The Balaban J connectivity index is 1.46. The molecule has 7 heteroatoms. The van der Waals surface area contributed by atoms with Crippen LogP contribution in [-0.4, -0.2) is 58.1 Å². The minimum absolute atomic E-state index is 0.0524. The number of nitrogens with one attached hydrogen (secondary N) is 1. The number of carbonyl (C=O) groups excluding carboxylic acids is 2. The molecular formula is C22H30N4O3. The molecule has 0 saturated carbocycles. The van der Waals surface area contributed by atoms with Crippen LogP contribution in [0.1, 0.15) is 44.9 Å². The smallest absolute Gasteiger partial charge is 0.249 e. The second kappa shape index (κ2) is 8.95. The molecule has 7 nitrogen and oxygen atoms in total. The summed E-state index contributed by atoms with van der Waals surface area (Å²) in [5.41, 5.74) is 1.85. The zero-order chi connectivity index (χ0) is 20.2. The second-order valence-electron chi connectivity index (χ2n) is 8.08. The van der Waals surface area contributed by atoms with Gasteiger partial charge in [-0.25, -0.2) is 4.98 Å². The van der Waals surface area contributed by atoms with E-state index in [1.807, 2.05) is 33.7 Å². The largest absolute Gasteiger partial charge is 0.368 e. The van der Waals surface area contributed by atoms with Crippen LogP contribution >= 0.6 is 0 Å². The maximum atomic E-state index is 13.0. The molecule has 2 aromatic rings. The van der Waals surface area contributed by atoms with E-state index in [2.05, 4.69) is 12.2 Å². The summed E-state index contributed by atoms with van der Waals surface area (Å²) in [6.07, 6.45) is 5.31. The fourth-order valence-corrected chi connectivity index (χ4v) is 4.38. The second-order valence-corrected chi connectivity index (χ2v) is 8.08. The Morgan fingerprint density at radius 1 is 1.21 bits per heavy atom. The van der Waals surface area contributed by atoms with E-state index >= 15 is 0 Å². The van der Waals surface area contributed by atoms with Gasteiger partial charge in [0.1, 0.15) is 18.5 Å². The van der Waals surface area contributed by atoms with Gasteiger partial charge < -0.3 is 19.5 Å². The lowest BCUT2D eigenvalue weighted by Crippen LogP contribution is -2.43. The summed E-state index contributed by atoms with van der Waals surface area (Å²) in [4.78, 5) is 31.9. The van der Waals surface area contributed by atoms with Crippen molar-refractivity contribution in [3.05, 3.63) is 30.1 Å². The molecule has 2 aliphatic rings. The number of hydrogen-bond donors (Lipinski definition) is 1. The normalized spacial score (nSPS) is 22.2. The molecule has 4 rings (SSSR count). The van der Waals surface area contributed by atoms with Crippen LogP contribution in [0.25, 0.3) is 11.0 Å². The highest BCUT2D eigenvalue weighted by atomic mass is 16.5. The van der Waals surface area contributed by atoms with E-state index in [-0.39, 0.29) is 17.9 Å². The molecule has 0 spiro atoms. The lowest BCUT2D eigenvalue weighted by atomic mass is 10.0. The SMILES string of the molecule is CC1CCCCN1C(=O)Cn1c(CCNC(=O)C2CCCO2)nc2ccccc21. The average molecular weight is 399 g/mol. The van der Waals surface area contributed by atoms with Gasteiger partial charge in [-0.05, 0) is 51.2 Å². The van der Waals surface area contributed by atoms with E-state index in [1.54, 1.807) is 0 Å². The third-order valence-electron chi connectivity index (χ3n) is 6.02. The zero-order valence-electron chi connectivity index (χ0n) is 17.1. The van der Waals surface area contributed by atoms with Crippen LogP contribution in [0, 0.1) is 0 Å². The number of ether oxygens (including phenoxy) is 1. The number of likely N-dealkylation sites (tertiary alicyclic amines) is 1. The van der Waals surface area contributed by atoms with Crippen molar-refractivity contribution in [1.29, 1.82) is 0 Å². The van der Waals surface area contributed by atoms with Crippen molar-refractivity contribution < 1.29 is 14.3 Å². The Labute approximate surface area is 171 Å². The van der Waals surface area contributed by atoms with Crippen molar-refractivity contribution >= 4 is 22.8 Å². The molecule has 156 valence electrons. The molecule has 2 fully saturated rings. The molecule has 2 aliphatic heterocycles. The number of para-hydroxylation sites is 2. The van der Waals surface area contributed by atoms with E-state index in [9.17, 15) is 9.59 Å². The molecule has 2 unspecified atom stereocenters. The number of nitrogens with zero attached hydrogens (tertiary/aromatic N) is 3. The monoisotopic (exact) mass is 398 g/mol. The first-order chi connectivity index (χ1) is 14.1. The maximum Gasteiger partial charge on any atom is 0.249 e. The predicted octanol–water partition coefficient (Wildman–Crippen LogP) is 2.28. The highest BCUT2D eigenvalue weighted by Crippen LogP contribution is 2.20. The Bertz CT molecular complexity index is 872. The lowest BCUT2D eigenvalue weighted by molar-refractivity contribution is -0.135. The molecular weight excluding hydrogens is 368 g/mol. The summed E-state index contributed by atoms with van der Waals surface area (Å²) in [6, 6.07) is 8.19. The third-order valence-corrected chi connectivity index (χ3v) is 6.02. The van der Waals surface area contributed by atoms with Gasteiger partial charge in [-0.2, -0.15) is 0 Å². The molecule has 0 bridgehead atoms. The molecule has 0 aliphatic carbocycles. The quantitative estimate of drug-likeness (QED) is 0.810. The molecule has 1 aromatic carbocycles. The number of amides is 2. The van der Waals surface area contributed by atoms with Crippen LogP contribution in [0.5, 0.6) is 0 Å². The number of fused-ring (bicyclic) bond motifs is 1. The summed E-state index contributed by atoms with van der Waals surface area (Å²) >= 11 is 0. The van der Waals surface area contributed by atoms with Gasteiger partial charge in [-0.15, -0.1) is 0 Å². The van der Waals surface area contributed by atoms with Crippen LogP contribution in [0.4, 0.5) is 0 Å². The van der Waals surface area contributed by atoms with Crippen molar-refractivity contribution in [2.24, 2.45) is 0 Å². The minimum Gasteiger partial charge on any atom is -0.368 e. The molecule has 0 radical (unpaired) electrons. The minimum atomic E-state index is -0.323. The summed E-state index contributed by atoms with van der Waals surface area (Å²) in [6.45, 7) is 4.39. The van der Waals surface area contributed by atoms with E-state index in [0.29, 0.717) is 32.2 Å². The molecule has 3 heterocycles. The van der Waals surface area contributed by atoms with Crippen LogP contribution in [0.15, 0.2) is 24.3 Å². The van der Waals surface area contributed by atoms with Crippen LogP contribution in [-0.2, 0) is 27.3 Å². The lowest BCUT2D eigenvalue weighted by Gasteiger charge is -2.33. The van der Waals surface area contributed by atoms with Crippen LogP contribution in [0.2, 0.25) is 0 Å². The Morgan fingerprint density at radius 2 is 2.07 bits per heavy atom. The molecule has 1 N–H and O–H groups in total. The van der Waals surface area contributed by atoms with Gasteiger partial charge in [0.05, 0.1) is 11.0 Å². The first-order valence-electron chi connectivity index (χ1n) is 10.8. The molecule has 29 heavy (non-hydrogen) atoms. The standard InChI is InChI=1S/C22H30N4O3/c1-16-7-4-5-13-25(16)21(27)15-26-18-9-3-2-8-17(18)24-20(26)11-12-23-22(28)19-10-6-14-29-19/h2-3,8-9,16,19H,4-7,10-15H2,1H3,(H,23,28). The van der Waals surface area contributed by atoms with Gasteiger partial charge in [-0.3, -0.25) is 9.59 Å². The average Bonchev–Trinajstić information content (AvgIpc) is 3.37. The number of hydrogen-bond acceptors (Lipinski definition) is 4. The van der Waals surface area contributed by atoms with Crippen molar-refractivity contribution in [2.45, 2.75) is 64.1 Å². The van der Waals surface area contributed by atoms with Gasteiger partial charge in [0.25, 0.3) is 0 Å². The fourth-order valence-electron chi connectivity index (χ4n) is 4.38. The van der Waals surface area contributed by atoms with Crippen LogP contribution < -0.4 is 5.32 Å². The van der Waals surface area contributed by atoms with E-state index in [0.717, 1.165) is 49.1 Å². The van der Waals surface area contributed by atoms with Gasteiger partial charge in [0, 0.05) is 32.2 Å². The van der Waals surface area contributed by atoms with Crippen molar-refractivity contribution in [2.75, 3.05) is 19.7 Å². The molecule has 2 atom stereocenters. The predicted molar refractivity (Wildman–Crippen MR) is 110 cm³/mol. The number of benzene rings is 1. The number of carbonyl (C=O) groups is 2. The summed E-state index contributed by atoms with van der Waals surface area (Å²) in [5.74, 6) is 0.922. The maximum absolute atomic E-state index is 13.0. The summed E-state index contributed by atoms with van der Waals surface area (Å²) in [5, 5.41) is 2.96.